The quantitative estimate of drug-likeness (QED) is 0.00866. The number of carbonyl (C=O) groups excluding carboxylic acids is 4. The summed E-state index contributed by atoms with van der Waals surface area (Å²) in [5.74, 6) is 3.59. The zero-order valence-electron chi connectivity index (χ0n) is 72.8. The number of hydrogen-bond acceptors (Lipinski definition) is 23. The number of carbonyl (C=O) groups is 4. The second-order valence-corrected chi connectivity index (χ2v) is 31.5. The molecule has 0 bridgehead atoms. The van der Waals surface area contributed by atoms with Gasteiger partial charge in [-0.05, 0) is 151 Å². The van der Waals surface area contributed by atoms with Crippen molar-refractivity contribution in [3.63, 3.8) is 0 Å². The minimum atomic E-state index is -8.55. The van der Waals surface area contributed by atoms with Gasteiger partial charge in [-0.3, -0.25) is 19.2 Å². The maximum Gasteiger partial charge on any atom is -1.00 e. The fourth-order valence-electron chi connectivity index (χ4n) is 9.73. The van der Waals surface area contributed by atoms with Crippen molar-refractivity contribution in [1.82, 2.24) is 0 Å². The molecule has 9 rings (SSSR count). The second-order valence-electron chi connectivity index (χ2n) is 26.4. The normalized spacial score (nSPS) is 11.8. The van der Waals surface area contributed by atoms with Crippen LogP contribution in [0.15, 0.2) is 164 Å². The molecule has 8 aromatic rings. The summed E-state index contributed by atoms with van der Waals surface area (Å²) in [6.07, 6.45) is 2.11. The minimum Gasteiger partial charge on any atom is -1.00 e. The largest absolute Gasteiger partial charge is 1.00 e. The fourth-order valence-corrected chi connectivity index (χ4v) is 9.73. The first kappa shape index (κ1) is 131. The van der Waals surface area contributed by atoms with Gasteiger partial charge >= 0.3 is 163 Å². The van der Waals surface area contributed by atoms with E-state index in [4.69, 9.17) is 87.2 Å². The van der Waals surface area contributed by atoms with E-state index < -0.39 is 32.6 Å². The molecule has 0 aliphatic carbocycles. The number of rotatable bonds is 38. The maximum absolute atomic E-state index is 12.1. The van der Waals surface area contributed by atoms with Crippen LogP contribution in [0.4, 0.5) is 107 Å². The van der Waals surface area contributed by atoms with Crippen LogP contribution in [0.3, 0.4) is 0 Å². The van der Waals surface area contributed by atoms with Crippen LogP contribution in [0.1, 0.15) is 84.5 Å². The second kappa shape index (κ2) is 64.3. The summed E-state index contributed by atoms with van der Waals surface area (Å²) in [6.45, 7) is 16.3. The number of esters is 4. The van der Waals surface area contributed by atoms with Gasteiger partial charge in [-0.2, -0.15) is 0 Å². The molecular weight excluding hydrogens is 1980 g/mol. The van der Waals surface area contributed by atoms with Gasteiger partial charge in [0.15, 0.2) is 31.4 Å². The van der Waals surface area contributed by atoms with Crippen molar-refractivity contribution in [2.24, 2.45) is 0 Å². The summed E-state index contributed by atoms with van der Waals surface area (Å²) in [4.78, 5) is 61.2. The molecule has 1 aliphatic rings. The van der Waals surface area contributed by atoms with E-state index in [1.54, 1.807) is 129 Å². The Morgan fingerprint density at radius 2 is 0.504 bits per heavy atom. The Hall–Kier alpha value is -11.9. The maximum atomic E-state index is 12.1. The van der Waals surface area contributed by atoms with Crippen molar-refractivity contribution in [3.8, 4) is 51.7 Å². The molecule has 137 heavy (non-hydrogen) atoms. The van der Waals surface area contributed by atoms with Crippen molar-refractivity contribution >= 4 is 79.3 Å². The Kier molecular flexibility index (Phi) is 61.6. The van der Waals surface area contributed by atoms with Gasteiger partial charge in [-0.25, -0.2) is 0 Å². The predicted molar refractivity (Wildman–Crippen MR) is 457 cm³/mol. The topological polar surface area (TPSA) is 319 Å². The van der Waals surface area contributed by atoms with Crippen LogP contribution in [0.2, 0.25) is 0 Å². The van der Waals surface area contributed by atoms with Crippen molar-refractivity contribution in [2.75, 3.05) is 107 Å². The number of aryl methyl sites for hydroxylation is 8. The Morgan fingerprint density at radius 3 is 0.745 bits per heavy atom. The van der Waals surface area contributed by atoms with E-state index in [1.807, 2.05) is 83.1 Å². The number of nitrogens with zero attached hydrogens (tertiary/aromatic N) is 8. The van der Waals surface area contributed by atoms with Gasteiger partial charge in [-0.15, -0.1) is 0 Å². The summed E-state index contributed by atoms with van der Waals surface area (Å²) in [7, 11) is -31.0. The molecule has 0 radical (unpaired) electrons. The van der Waals surface area contributed by atoms with Crippen molar-refractivity contribution in [1.29, 1.82) is 21.6 Å². The summed E-state index contributed by atoms with van der Waals surface area (Å²) in [5.41, 5.74) is 8.71. The molecule has 8 aromatic carbocycles. The average molecular weight is 2080 g/mol. The molecule has 0 N–H and O–H groups in total. The molecule has 1 aliphatic heterocycles. The zero-order valence-corrected chi connectivity index (χ0v) is 76.4. The standard InChI is InChI=1S/C24H31N2O6.C21H25N2O5.C19H21N2O4.C17H15N2O4.CH4.4F5P.4FH/c1-3-28-12-13-29-14-15-30-16-17-31-22-9-10-23(26-25)20(18-22)6-11-24(27)32-21-7-4-19(2)5-8-21;1-16-3-6-18(7-4-16)28-21(24)10-5-17-15-19(8-9-20(17)23-22)27-14-13-26-12-11-25-2;1-14-3-6-16(7-4-14)25-19(22)10-5-15-13-17(24-12-11-23-2)8-9-18(15)21-20;1-11-2-5-13(6-3-11)23-17(20)7-4-12-8-15-16(22-10-21-15)9-14(12)19-18;;4*1-6(2,3,4)5;;;;/h4-5,7-10,18H,3,6,11-17H2,1-2H3;3-4,6-9,15H,5,10-14H2,1-2H3;3-4,6-9,13H,5,10-12H2,1-2H3;2-3,5-6,8-9H,4,7,10H2,1H3;1H4;;;;;4*1H/q4*+1;;;;;;;;;/p-4. The number of diazo groups is 4. The van der Waals surface area contributed by atoms with E-state index in [2.05, 4.69) is 19.9 Å². The zero-order chi connectivity index (χ0) is 99.3. The molecular formula is C82H96F24N8O19P4. The molecule has 55 heteroatoms. The first-order chi connectivity index (χ1) is 61.4. The molecule has 0 aromatic heterocycles. The van der Waals surface area contributed by atoms with E-state index in [1.165, 1.54) is 0 Å². The van der Waals surface area contributed by atoms with E-state index >= 15 is 0 Å². The summed E-state index contributed by atoms with van der Waals surface area (Å²) in [5, 5.41) is 36.6. The summed E-state index contributed by atoms with van der Waals surface area (Å²) >= 11 is 0. The SMILES string of the molecule is C.CCOCCOCCOCCOc1ccc([N+]#N)c(CCC(=O)Oc2ccc(C)cc2)c1.COCCOCCOc1ccc([N+]#N)c(CCC(=O)Oc2ccc(C)cc2)c1.COCCOc1ccc([N+]#N)c(CCC(=O)Oc2ccc(C)cc2)c1.Cc1ccc(OC(=O)CCc2cc3c(cc2[N+]#N)OCO3)cc1.FP(F)(F)(F)F.FP(F)(F)(F)F.FP(F)(F)(F)F.FP(F)(F)(F)F.[F-].[F-].[F-].[F-]. The molecule has 0 saturated heterocycles. The van der Waals surface area contributed by atoms with Crippen LogP contribution in [-0.4, -0.2) is 131 Å². The molecule has 0 amide bonds. The fraction of sp³-hybridized carbons (Fsp3) is 0.366. The molecule has 0 fully saturated rings. The Balaban J connectivity index is -0.000000788. The number of ether oxygens (including phenoxy) is 15. The first-order valence-corrected chi connectivity index (χ1v) is 45.1. The summed E-state index contributed by atoms with van der Waals surface area (Å²) < 4.78 is 277. The van der Waals surface area contributed by atoms with Gasteiger partial charge in [0.25, 0.3) is 0 Å². The Bertz CT molecular complexity index is 4960. The number of halogens is 24. The van der Waals surface area contributed by atoms with Gasteiger partial charge in [0.1, 0.15) is 60.1 Å². The smallest absolute Gasteiger partial charge is 1.00 e. The van der Waals surface area contributed by atoms with Crippen LogP contribution < -0.4 is 61.4 Å². The molecule has 0 unspecified atom stereocenters. The monoisotopic (exact) mass is 2080 g/mol. The molecule has 0 atom stereocenters. The van der Waals surface area contributed by atoms with Crippen LogP contribution >= 0.6 is 32.6 Å². The van der Waals surface area contributed by atoms with Crippen molar-refractivity contribution in [2.45, 2.75) is 93.4 Å². The number of hydrogen-bond donors (Lipinski definition) is 0. The van der Waals surface area contributed by atoms with Crippen molar-refractivity contribution in [3.05, 3.63) is 228 Å². The van der Waals surface area contributed by atoms with Crippen LogP contribution in [0, 0.1) is 49.3 Å². The minimum absolute atomic E-state index is 0. The van der Waals surface area contributed by atoms with Gasteiger partial charge in [0.2, 0.25) is 28.4 Å². The Labute approximate surface area is 771 Å². The van der Waals surface area contributed by atoms with Crippen LogP contribution in [0.5, 0.6) is 51.7 Å². The van der Waals surface area contributed by atoms with Crippen molar-refractivity contribution < 1.29 is 193 Å². The molecule has 0 saturated carbocycles. The van der Waals surface area contributed by atoms with Gasteiger partial charge in [0, 0.05) is 39.0 Å². The molecule has 27 nitrogen and oxygen atoms in total. The summed E-state index contributed by atoms with van der Waals surface area (Å²) in [6, 6.07) is 47.7. The van der Waals surface area contributed by atoms with E-state index in [9.17, 15) is 109 Å². The molecule has 766 valence electrons. The molecule has 1 heterocycles. The third-order valence-corrected chi connectivity index (χ3v) is 15.5. The van der Waals surface area contributed by atoms with Crippen LogP contribution in [-0.2, 0) is 73.3 Å². The van der Waals surface area contributed by atoms with Gasteiger partial charge in [0.05, 0.1) is 113 Å². The number of benzene rings is 8. The van der Waals surface area contributed by atoms with E-state index in [0.29, 0.717) is 208 Å². The van der Waals surface area contributed by atoms with E-state index in [-0.39, 0.29) is 82.6 Å². The first-order valence-electron chi connectivity index (χ1n) is 38.4. The Morgan fingerprint density at radius 1 is 0.299 bits per heavy atom. The van der Waals surface area contributed by atoms with Gasteiger partial charge < -0.3 is 89.9 Å². The predicted octanol–water partition coefficient (Wildman–Crippen LogP) is 16.8. The van der Waals surface area contributed by atoms with E-state index in [0.717, 1.165) is 22.3 Å². The van der Waals surface area contributed by atoms with Crippen LogP contribution in [0.25, 0.3) is 19.9 Å². The molecule has 0 spiro atoms. The number of methoxy groups -OCH3 is 2. The third-order valence-electron chi connectivity index (χ3n) is 15.5. The number of fused-ring (bicyclic) bond motifs is 1. The average Bonchev–Trinajstić information content (AvgIpc) is 1.72. The van der Waals surface area contributed by atoms with Gasteiger partial charge in [-0.1, -0.05) is 78.2 Å². The third kappa shape index (κ3) is 74.0.